The molecule has 1 fully saturated rings. The number of alkyl halides is 2. The first kappa shape index (κ1) is 17.4. The summed E-state index contributed by atoms with van der Waals surface area (Å²) in [5.74, 6) is -3.62. The summed E-state index contributed by atoms with van der Waals surface area (Å²) in [4.78, 5) is 14.0. The number of amides is 1. The zero-order valence-electron chi connectivity index (χ0n) is 18.5. The average molecular weight is 404 g/mol. The molecule has 0 bridgehead atoms. The molecule has 2 aromatic carbocycles. The molecule has 0 atom stereocenters. The Bertz CT molecular complexity index is 1020. The lowest BCUT2D eigenvalue weighted by Gasteiger charge is -2.35. The highest BCUT2D eigenvalue weighted by atomic mass is 19.3. The van der Waals surface area contributed by atoms with Crippen molar-refractivity contribution in [3.63, 3.8) is 0 Å². The van der Waals surface area contributed by atoms with Crippen LogP contribution in [0.25, 0.3) is 0 Å². The molecule has 1 amide bonds. The van der Waals surface area contributed by atoms with Crippen LogP contribution in [-0.2, 0) is 17.7 Å². The maximum absolute atomic E-state index is 13.3. The van der Waals surface area contributed by atoms with Crippen LogP contribution in [0, 0.1) is 25.6 Å². The molecule has 0 saturated heterocycles. The SMILES string of the molecule is [2H]C1([2H])c2cc(C)c(NC(=O)CC3CC(F)(F)C3)c(C)c2CCN1c1ccc(F)cc1. The zero-order valence-corrected chi connectivity index (χ0v) is 16.5. The Morgan fingerprint density at radius 3 is 2.62 bits per heavy atom. The maximum Gasteiger partial charge on any atom is 0.248 e. The lowest BCUT2D eigenvalue weighted by Crippen LogP contribution is -2.37. The maximum atomic E-state index is 13.3. The second-order valence-corrected chi connectivity index (χ2v) is 8.09. The molecule has 4 rings (SSSR count). The molecule has 154 valence electrons. The van der Waals surface area contributed by atoms with E-state index in [4.69, 9.17) is 2.74 Å². The molecule has 1 heterocycles. The van der Waals surface area contributed by atoms with Gasteiger partial charge in [0, 0.05) is 43.7 Å². The number of carbonyl (C=O) groups excluding carboxylic acids is 1. The second kappa shape index (κ2) is 7.39. The third-order valence-electron chi connectivity index (χ3n) is 5.80. The summed E-state index contributed by atoms with van der Waals surface area (Å²) in [6.07, 6.45) is 0.130. The molecule has 0 spiro atoms. The minimum absolute atomic E-state index is 0.0602. The van der Waals surface area contributed by atoms with Crippen LogP contribution in [-0.4, -0.2) is 18.4 Å². The van der Waals surface area contributed by atoms with Gasteiger partial charge in [-0.3, -0.25) is 4.79 Å². The molecule has 0 radical (unpaired) electrons. The third-order valence-corrected chi connectivity index (χ3v) is 5.80. The molecule has 1 saturated carbocycles. The van der Waals surface area contributed by atoms with E-state index in [-0.39, 0.29) is 36.9 Å². The number of aryl methyl sites for hydroxylation is 1. The van der Waals surface area contributed by atoms with Crippen LogP contribution < -0.4 is 10.2 Å². The molecular formula is C23H25F3N2O. The van der Waals surface area contributed by atoms with Gasteiger partial charge in [0.1, 0.15) is 5.82 Å². The Labute approximate surface area is 171 Å². The summed E-state index contributed by atoms with van der Waals surface area (Å²) in [6.45, 7) is 2.25. The van der Waals surface area contributed by atoms with Gasteiger partial charge in [-0.15, -0.1) is 0 Å². The van der Waals surface area contributed by atoms with Crippen LogP contribution in [0.4, 0.5) is 24.5 Å². The fourth-order valence-electron chi connectivity index (χ4n) is 4.26. The molecule has 0 aromatic heterocycles. The Morgan fingerprint density at radius 2 is 1.97 bits per heavy atom. The fraction of sp³-hybridized carbons (Fsp3) is 0.435. The number of nitrogens with zero attached hydrogens (tertiary/aromatic N) is 1. The van der Waals surface area contributed by atoms with E-state index in [1.807, 2.05) is 6.92 Å². The summed E-state index contributed by atoms with van der Waals surface area (Å²) >= 11 is 0. The van der Waals surface area contributed by atoms with Crippen LogP contribution in [0.5, 0.6) is 0 Å². The van der Waals surface area contributed by atoms with E-state index < -0.39 is 12.4 Å². The predicted octanol–water partition coefficient (Wildman–Crippen LogP) is 5.38. The van der Waals surface area contributed by atoms with Crippen molar-refractivity contribution in [3.05, 3.63) is 58.4 Å². The van der Waals surface area contributed by atoms with E-state index >= 15 is 0 Å². The quantitative estimate of drug-likeness (QED) is 0.742. The van der Waals surface area contributed by atoms with E-state index in [2.05, 4.69) is 5.32 Å². The van der Waals surface area contributed by atoms with Crippen molar-refractivity contribution in [2.75, 3.05) is 16.8 Å². The van der Waals surface area contributed by atoms with Crippen LogP contribution in [0.2, 0.25) is 0 Å². The van der Waals surface area contributed by atoms with Crippen molar-refractivity contribution < 1.29 is 20.7 Å². The highest BCUT2D eigenvalue weighted by molar-refractivity contribution is 5.93. The van der Waals surface area contributed by atoms with E-state index in [1.165, 1.54) is 12.1 Å². The monoisotopic (exact) mass is 404 g/mol. The van der Waals surface area contributed by atoms with Crippen LogP contribution in [0.15, 0.2) is 30.3 Å². The Hall–Kier alpha value is -2.50. The van der Waals surface area contributed by atoms with E-state index in [9.17, 15) is 18.0 Å². The summed E-state index contributed by atoms with van der Waals surface area (Å²) in [6, 6.07) is 7.50. The van der Waals surface area contributed by atoms with Gasteiger partial charge in [0.05, 0.1) is 2.74 Å². The van der Waals surface area contributed by atoms with Gasteiger partial charge in [0.25, 0.3) is 0 Å². The highest BCUT2D eigenvalue weighted by Crippen LogP contribution is 2.44. The van der Waals surface area contributed by atoms with Gasteiger partial charge in [-0.1, -0.05) is 6.07 Å². The fourth-order valence-corrected chi connectivity index (χ4v) is 4.26. The van der Waals surface area contributed by atoms with Crippen LogP contribution >= 0.6 is 0 Å². The van der Waals surface area contributed by atoms with Crippen molar-refractivity contribution in [2.24, 2.45) is 5.92 Å². The molecule has 29 heavy (non-hydrogen) atoms. The summed E-state index contributed by atoms with van der Waals surface area (Å²) in [7, 11) is 0. The summed E-state index contributed by atoms with van der Waals surface area (Å²) < 4.78 is 56.9. The number of anilines is 2. The van der Waals surface area contributed by atoms with Gasteiger partial charge >= 0.3 is 0 Å². The Morgan fingerprint density at radius 1 is 1.28 bits per heavy atom. The number of fused-ring (bicyclic) bond motifs is 1. The van der Waals surface area contributed by atoms with Gasteiger partial charge in [0.15, 0.2) is 0 Å². The van der Waals surface area contributed by atoms with Gasteiger partial charge in [0.2, 0.25) is 11.8 Å². The molecular weight excluding hydrogens is 377 g/mol. The van der Waals surface area contributed by atoms with Crippen LogP contribution in [0.1, 0.15) is 44.3 Å². The van der Waals surface area contributed by atoms with E-state index in [0.29, 0.717) is 35.5 Å². The lowest BCUT2D eigenvalue weighted by atomic mass is 9.79. The summed E-state index contributed by atoms with van der Waals surface area (Å²) in [5, 5.41) is 2.87. The number of carbonyl (C=O) groups is 1. The lowest BCUT2D eigenvalue weighted by molar-refractivity contribution is -0.129. The summed E-state index contributed by atoms with van der Waals surface area (Å²) in [5.41, 5.74) is 4.09. The second-order valence-electron chi connectivity index (χ2n) is 8.09. The number of nitrogens with one attached hydrogen (secondary N) is 1. The first-order chi connectivity index (χ1) is 14.5. The number of hydrogen-bond donors (Lipinski definition) is 1. The first-order valence-electron chi connectivity index (χ1n) is 10.8. The first-order valence-corrected chi connectivity index (χ1v) is 9.82. The number of hydrogen-bond acceptors (Lipinski definition) is 2. The normalized spacial score (nSPS) is 20.9. The molecule has 0 unspecified atom stereocenters. The van der Waals surface area contributed by atoms with Crippen molar-refractivity contribution in [1.82, 2.24) is 0 Å². The smallest absolute Gasteiger partial charge is 0.248 e. The predicted molar refractivity (Wildman–Crippen MR) is 108 cm³/mol. The van der Waals surface area contributed by atoms with Crippen molar-refractivity contribution in [2.45, 2.75) is 52.0 Å². The van der Waals surface area contributed by atoms with Gasteiger partial charge in [-0.05, 0) is 72.7 Å². The number of halogens is 3. The average Bonchev–Trinajstić information content (AvgIpc) is 2.65. The molecule has 6 heteroatoms. The topological polar surface area (TPSA) is 32.3 Å². The zero-order chi connectivity index (χ0) is 22.6. The van der Waals surface area contributed by atoms with E-state index in [0.717, 1.165) is 11.1 Å². The van der Waals surface area contributed by atoms with Gasteiger partial charge in [-0.2, -0.15) is 0 Å². The molecule has 1 aliphatic heterocycles. The molecule has 2 aliphatic rings. The third kappa shape index (κ3) is 4.11. The Balaban J connectivity index is 1.58. The standard InChI is InChI=1S/C23H25F3N2O/c1-14-9-17-13-28(19-5-3-18(24)4-6-19)8-7-20(17)15(2)22(14)27-21(29)10-16-11-23(25,26)12-16/h3-6,9,16H,7-8,10-13H2,1-2H3,(H,27,29)/i13D2. The van der Waals surface area contributed by atoms with Crippen molar-refractivity contribution in [3.8, 4) is 0 Å². The van der Waals surface area contributed by atoms with Gasteiger partial charge < -0.3 is 10.2 Å². The number of rotatable bonds is 4. The van der Waals surface area contributed by atoms with Crippen molar-refractivity contribution in [1.29, 1.82) is 0 Å². The highest BCUT2D eigenvalue weighted by Gasteiger charge is 2.45. The number of benzene rings is 2. The molecule has 3 nitrogen and oxygen atoms in total. The molecule has 1 N–H and O–H groups in total. The molecule has 1 aliphatic carbocycles. The minimum atomic E-state index is -2.65. The van der Waals surface area contributed by atoms with Gasteiger partial charge in [-0.25, -0.2) is 13.2 Å². The van der Waals surface area contributed by atoms with Crippen molar-refractivity contribution >= 4 is 17.3 Å². The Kier molecular flexibility index (Phi) is 4.43. The van der Waals surface area contributed by atoms with E-state index in [1.54, 1.807) is 30.0 Å². The largest absolute Gasteiger partial charge is 0.367 e. The van der Waals surface area contributed by atoms with Crippen LogP contribution in [0.3, 0.4) is 0 Å². The minimum Gasteiger partial charge on any atom is -0.367 e. The molecule has 2 aromatic rings.